The van der Waals surface area contributed by atoms with Gasteiger partial charge in [0.15, 0.2) is 17.8 Å². The fraction of sp³-hybridized carbons (Fsp3) is 0.688. The van der Waals surface area contributed by atoms with E-state index in [1.54, 1.807) is 27.7 Å². The standard InChI is InChI=1S/C16H23N3O7/c1-8(2)14(21)26-18-10-5-6-19(15(22)17-10)13-12-11(9(7-20)23-13)24-16(3,4)25-12/h5-6,8-9,11-13,20H,7H2,1-4H3,(H,17,18,22)/t9-,11-,12-,13-/m1/s1. The SMILES string of the molecule is CC(C)C(=O)ONc1ccn([C@@H]2O[C@H](CO)[C@H]3OC(C)(C)O[C@H]32)c(=O)n1. The minimum Gasteiger partial charge on any atom is -0.394 e. The van der Waals surface area contributed by atoms with Crippen LogP contribution in [0.3, 0.4) is 0 Å². The van der Waals surface area contributed by atoms with Gasteiger partial charge < -0.3 is 24.2 Å². The molecular formula is C16H23N3O7. The Morgan fingerprint density at radius 3 is 2.73 bits per heavy atom. The van der Waals surface area contributed by atoms with E-state index in [0.717, 1.165) is 0 Å². The average Bonchev–Trinajstić information content (AvgIpc) is 3.05. The highest BCUT2D eigenvalue weighted by Crippen LogP contribution is 2.42. The van der Waals surface area contributed by atoms with Gasteiger partial charge in [0.05, 0.1) is 12.5 Å². The molecule has 1 aromatic heterocycles. The Labute approximate surface area is 150 Å². The van der Waals surface area contributed by atoms with Crippen LogP contribution in [0.15, 0.2) is 17.1 Å². The molecule has 2 aliphatic heterocycles. The summed E-state index contributed by atoms with van der Waals surface area (Å²) in [5.74, 6) is -1.53. The largest absolute Gasteiger partial charge is 0.394 e. The van der Waals surface area contributed by atoms with E-state index in [1.807, 2.05) is 0 Å². The molecule has 2 saturated heterocycles. The highest BCUT2D eigenvalue weighted by atomic mass is 16.8. The smallest absolute Gasteiger partial charge is 0.351 e. The number of nitrogens with zero attached hydrogens (tertiary/aromatic N) is 2. The molecule has 0 amide bonds. The Balaban J connectivity index is 1.77. The van der Waals surface area contributed by atoms with Gasteiger partial charge in [0, 0.05) is 12.3 Å². The number of hydrogen-bond donors (Lipinski definition) is 2. The lowest BCUT2D eigenvalue weighted by Gasteiger charge is -2.24. The van der Waals surface area contributed by atoms with Crippen molar-refractivity contribution in [2.24, 2.45) is 5.92 Å². The van der Waals surface area contributed by atoms with E-state index in [2.05, 4.69) is 10.5 Å². The van der Waals surface area contributed by atoms with Gasteiger partial charge in [-0.1, -0.05) is 13.8 Å². The molecule has 0 radical (unpaired) electrons. The lowest BCUT2D eigenvalue weighted by Crippen LogP contribution is -2.35. The van der Waals surface area contributed by atoms with Crippen molar-refractivity contribution in [2.75, 3.05) is 12.1 Å². The van der Waals surface area contributed by atoms with Crippen molar-refractivity contribution >= 4 is 11.8 Å². The second-order valence-corrected chi connectivity index (χ2v) is 6.99. The van der Waals surface area contributed by atoms with Crippen LogP contribution in [0, 0.1) is 5.92 Å². The first-order chi connectivity index (χ1) is 12.2. The van der Waals surface area contributed by atoms with Crippen molar-refractivity contribution in [1.29, 1.82) is 0 Å². The van der Waals surface area contributed by atoms with Crippen molar-refractivity contribution in [3.05, 3.63) is 22.7 Å². The number of rotatable bonds is 5. The molecule has 0 saturated carbocycles. The molecule has 0 aromatic carbocycles. The number of fused-ring (bicyclic) bond motifs is 1. The van der Waals surface area contributed by atoms with Gasteiger partial charge in [-0.05, 0) is 13.8 Å². The maximum atomic E-state index is 12.4. The summed E-state index contributed by atoms with van der Waals surface area (Å²) in [7, 11) is 0. The number of anilines is 1. The fourth-order valence-electron chi connectivity index (χ4n) is 2.91. The number of nitrogens with one attached hydrogen (secondary N) is 1. The Hall–Kier alpha value is -2.01. The van der Waals surface area contributed by atoms with E-state index in [0.29, 0.717) is 0 Å². The second-order valence-electron chi connectivity index (χ2n) is 6.99. The summed E-state index contributed by atoms with van der Waals surface area (Å²) in [6.07, 6.45) is -0.984. The van der Waals surface area contributed by atoms with Crippen LogP contribution in [0.2, 0.25) is 0 Å². The maximum absolute atomic E-state index is 12.4. The summed E-state index contributed by atoms with van der Waals surface area (Å²) in [5.41, 5.74) is 1.73. The molecule has 10 nitrogen and oxygen atoms in total. The number of ether oxygens (including phenoxy) is 3. The number of carbonyl (C=O) groups is 1. The van der Waals surface area contributed by atoms with Crippen molar-refractivity contribution in [3.63, 3.8) is 0 Å². The molecule has 3 rings (SSSR count). The second kappa shape index (κ2) is 6.95. The molecule has 1 aromatic rings. The topological polar surface area (TPSA) is 121 Å². The zero-order chi connectivity index (χ0) is 19.1. The third-order valence-electron chi connectivity index (χ3n) is 4.14. The summed E-state index contributed by atoms with van der Waals surface area (Å²) in [6.45, 7) is 6.63. The van der Waals surface area contributed by atoms with Crippen LogP contribution in [0.25, 0.3) is 0 Å². The molecule has 0 spiro atoms. The first kappa shape index (κ1) is 18.8. The van der Waals surface area contributed by atoms with Gasteiger partial charge in [-0.2, -0.15) is 4.98 Å². The van der Waals surface area contributed by atoms with Gasteiger partial charge in [-0.15, -0.1) is 0 Å². The molecular weight excluding hydrogens is 346 g/mol. The van der Waals surface area contributed by atoms with Crippen LogP contribution in [0.4, 0.5) is 5.82 Å². The molecule has 0 bridgehead atoms. The minimum atomic E-state index is -0.839. The highest BCUT2D eigenvalue weighted by Gasteiger charge is 2.55. The van der Waals surface area contributed by atoms with Crippen molar-refractivity contribution in [3.8, 4) is 0 Å². The average molecular weight is 369 g/mol. The molecule has 3 heterocycles. The molecule has 4 atom stereocenters. The van der Waals surface area contributed by atoms with Gasteiger partial charge in [-0.3, -0.25) is 4.57 Å². The molecule has 0 aliphatic carbocycles. The minimum absolute atomic E-state index is 0.0948. The van der Waals surface area contributed by atoms with Gasteiger partial charge in [0.1, 0.15) is 18.3 Å². The van der Waals surface area contributed by atoms with Crippen LogP contribution in [-0.2, 0) is 23.8 Å². The zero-order valence-corrected chi connectivity index (χ0v) is 15.0. The van der Waals surface area contributed by atoms with Gasteiger partial charge in [0.2, 0.25) is 0 Å². The van der Waals surface area contributed by atoms with Gasteiger partial charge >= 0.3 is 11.7 Å². The van der Waals surface area contributed by atoms with E-state index in [4.69, 9.17) is 19.0 Å². The lowest BCUT2D eigenvalue weighted by atomic mass is 10.1. The maximum Gasteiger partial charge on any atom is 0.351 e. The first-order valence-corrected chi connectivity index (χ1v) is 8.39. The van der Waals surface area contributed by atoms with E-state index >= 15 is 0 Å². The monoisotopic (exact) mass is 369 g/mol. The van der Waals surface area contributed by atoms with Crippen LogP contribution in [0.5, 0.6) is 0 Å². The quantitative estimate of drug-likeness (QED) is 0.700. The van der Waals surface area contributed by atoms with Crippen molar-refractivity contribution in [2.45, 2.75) is 58.0 Å². The number of aliphatic hydroxyl groups excluding tert-OH is 1. The third-order valence-corrected chi connectivity index (χ3v) is 4.14. The molecule has 10 heteroatoms. The first-order valence-electron chi connectivity index (χ1n) is 8.39. The van der Waals surface area contributed by atoms with Crippen LogP contribution in [-0.4, -0.2) is 51.3 Å². The zero-order valence-electron chi connectivity index (χ0n) is 15.0. The van der Waals surface area contributed by atoms with E-state index in [1.165, 1.54) is 16.8 Å². The highest BCUT2D eigenvalue weighted by molar-refractivity contribution is 5.72. The fourth-order valence-corrected chi connectivity index (χ4v) is 2.91. The van der Waals surface area contributed by atoms with Gasteiger partial charge in [-0.25, -0.2) is 15.1 Å². The summed E-state index contributed by atoms with van der Waals surface area (Å²) >= 11 is 0. The molecule has 144 valence electrons. The lowest BCUT2D eigenvalue weighted by molar-refractivity contribution is -0.200. The normalized spacial score (nSPS) is 29.6. The van der Waals surface area contributed by atoms with Crippen molar-refractivity contribution < 1.29 is 28.9 Å². The van der Waals surface area contributed by atoms with E-state index in [-0.39, 0.29) is 18.3 Å². The van der Waals surface area contributed by atoms with Crippen LogP contribution >= 0.6 is 0 Å². The number of carbonyl (C=O) groups excluding carboxylic acids is 1. The Morgan fingerprint density at radius 2 is 2.12 bits per heavy atom. The van der Waals surface area contributed by atoms with Crippen LogP contribution in [0.1, 0.15) is 33.9 Å². The van der Waals surface area contributed by atoms with Crippen LogP contribution < -0.4 is 11.2 Å². The molecule has 2 fully saturated rings. The Morgan fingerprint density at radius 1 is 1.42 bits per heavy atom. The molecule has 2 N–H and O–H groups in total. The number of aliphatic hydroxyl groups is 1. The summed E-state index contributed by atoms with van der Waals surface area (Å²) in [4.78, 5) is 32.5. The van der Waals surface area contributed by atoms with Gasteiger partial charge in [0.25, 0.3) is 0 Å². The Bertz CT molecular complexity index is 733. The molecule has 2 aliphatic rings. The predicted octanol–water partition coefficient (Wildman–Crippen LogP) is 0.179. The summed E-state index contributed by atoms with van der Waals surface area (Å²) < 4.78 is 18.6. The number of hydrogen-bond acceptors (Lipinski definition) is 9. The molecule has 26 heavy (non-hydrogen) atoms. The Kier molecular flexibility index (Phi) is 5.02. The third kappa shape index (κ3) is 3.58. The number of aromatic nitrogens is 2. The summed E-state index contributed by atoms with van der Waals surface area (Å²) in [5, 5.41) is 9.51. The predicted molar refractivity (Wildman–Crippen MR) is 87.9 cm³/mol. The van der Waals surface area contributed by atoms with Crippen molar-refractivity contribution in [1.82, 2.24) is 9.55 Å². The van der Waals surface area contributed by atoms with E-state index < -0.39 is 42.0 Å². The molecule has 0 unspecified atom stereocenters. The summed E-state index contributed by atoms with van der Waals surface area (Å²) in [6, 6.07) is 1.47. The van der Waals surface area contributed by atoms with E-state index in [9.17, 15) is 14.7 Å².